The highest BCUT2D eigenvalue weighted by atomic mass is 32.1. The minimum atomic E-state index is -0.817. The summed E-state index contributed by atoms with van der Waals surface area (Å²) < 4.78 is 0. The van der Waals surface area contributed by atoms with E-state index in [1.54, 1.807) is 12.1 Å². The summed E-state index contributed by atoms with van der Waals surface area (Å²) in [5, 5.41) is 1.35. The van der Waals surface area contributed by atoms with E-state index in [2.05, 4.69) is 9.97 Å². The van der Waals surface area contributed by atoms with Crippen molar-refractivity contribution in [1.82, 2.24) is 15.0 Å². The maximum atomic E-state index is 12.2. The van der Waals surface area contributed by atoms with Crippen molar-refractivity contribution in [2.24, 2.45) is 0 Å². The van der Waals surface area contributed by atoms with Gasteiger partial charge >= 0.3 is 5.97 Å². The highest BCUT2D eigenvalue weighted by Crippen LogP contribution is 2.25. The van der Waals surface area contributed by atoms with Crippen LogP contribution in [-0.2, 0) is 4.84 Å². The molecule has 0 radical (unpaired) electrons. The molecule has 114 valence electrons. The third kappa shape index (κ3) is 2.03. The van der Waals surface area contributed by atoms with Gasteiger partial charge in [-0.05, 0) is 25.1 Å². The van der Waals surface area contributed by atoms with Gasteiger partial charge in [-0.1, -0.05) is 17.2 Å². The van der Waals surface area contributed by atoms with Crippen molar-refractivity contribution in [2.75, 3.05) is 0 Å². The predicted molar refractivity (Wildman–Crippen MR) is 81.1 cm³/mol. The molecule has 0 saturated carbocycles. The molecule has 0 aliphatic carbocycles. The number of fused-ring (bicyclic) bond motifs is 2. The third-order valence-corrected chi connectivity index (χ3v) is 4.34. The Labute approximate surface area is 133 Å². The lowest BCUT2D eigenvalue weighted by atomic mass is 10.1. The molecule has 4 rings (SSSR count). The van der Waals surface area contributed by atoms with Crippen LogP contribution in [0.15, 0.2) is 30.3 Å². The molecular weight excluding hydrogens is 318 g/mol. The average molecular weight is 327 g/mol. The number of nitrogens with one attached hydrogen (secondary N) is 1. The SMILES string of the molecule is Cc1nc2cc(C(=O)ON3C(=O)c4ccccc4C3=O)[nH]c2s1. The topological polar surface area (TPSA) is 92.4 Å². The Morgan fingerprint density at radius 2 is 1.87 bits per heavy atom. The number of aromatic amines is 1. The number of imide groups is 1. The molecule has 23 heavy (non-hydrogen) atoms. The molecule has 3 aromatic rings. The molecule has 8 heteroatoms. The second kappa shape index (κ2) is 4.75. The number of H-pyrrole nitrogens is 1. The van der Waals surface area contributed by atoms with Crippen LogP contribution >= 0.6 is 11.3 Å². The first-order valence-electron chi connectivity index (χ1n) is 6.71. The van der Waals surface area contributed by atoms with Crippen molar-refractivity contribution < 1.29 is 19.2 Å². The largest absolute Gasteiger partial charge is 0.380 e. The maximum absolute atomic E-state index is 12.2. The second-order valence-electron chi connectivity index (χ2n) is 4.96. The average Bonchev–Trinajstić information content (AvgIpc) is 3.14. The molecule has 7 nitrogen and oxygen atoms in total. The van der Waals surface area contributed by atoms with E-state index in [0.717, 1.165) is 9.84 Å². The Hall–Kier alpha value is -3.00. The van der Waals surface area contributed by atoms with E-state index in [-0.39, 0.29) is 16.8 Å². The van der Waals surface area contributed by atoms with Crippen molar-refractivity contribution in [1.29, 1.82) is 0 Å². The van der Waals surface area contributed by atoms with Crippen molar-refractivity contribution in [3.05, 3.63) is 52.2 Å². The molecule has 0 bridgehead atoms. The van der Waals surface area contributed by atoms with Crippen LogP contribution in [0.5, 0.6) is 0 Å². The number of carbonyl (C=O) groups is 3. The number of aromatic nitrogens is 2. The van der Waals surface area contributed by atoms with Gasteiger partial charge in [0, 0.05) is 0 Å². The summed E-state index contributed by atoms with van der Waals surface area (Å²) in [6.45, 7) is 1.86. The van der Waals surface area contributed by atoms with Gasteiger partial charge in [0.05, 0.1) is 16.1 Å². The first-order valence-corrected chi connectivity index (χ1v) is 7.52. The monoisotopic (exact) mass is 327 g/mol. The Balaban J connectivity index is 1.60. The molecule has 2 aromatic heterocycles. The van der Waals surface area contributed by atoms with E-state index in [1.165, 1.54) is 29.5 Å². The Kier molecular flexibility index (Phi) is 2.82. The lowest BCUT2D eigenvalue weighted by molar-refractivity contribution is -0.0587. The number of hydrogen-bond acceptors (Lipinski definition) is 6. The fraction of sp³-hybridized carbons (Fsp3) is 0.0667. The number of rotatable bonds is 2. The summed E-state index contributed by atoms with van der Waals surface area (Å²) >= 11 is 1.40. The van der Waals surface area contributed by atoms with Gasteiger partial charge in [-0.15, -0.1) is 11.3 Å². The zero-order valence-corrected chi connectivity index (χ0v) is 12.6. The number of hydrogen-bond donors (Lipinski definition) is 1. The highest BCUT2D eigenvalue weighted by Gasteiger charge is 2.39. The van der Waals surface area contributed by atoms with Gasteiger partial charge in [-0.3, -0.25) is 9.59 Å². The normalized spacial score (nSPS) is 13.7. The molecule has 1 aromatic carbocycles. The number of nitrogens with zero attached hydrogens (tertiary/aromatic N) is 2. The van der Waals surface area contributed by atoms with Gasteiger partial charge in [0.25, 0.3) is 11.8 Å². The third-order valence-electron chi connectivity index (χ3n) is 3.44. The molecule has 2 amide bonds. The lowest BCUT2D eigenvalue weighted by Gasteiger charge is -2.11. The molecular formula is C15H9N3O4S. The molecule has 0 atom stereocenters. The van der Waals surface area contributed by atoms with Gasteiger partial charge in [0.2, 0.25) is 0 Å². The fourth-order valence-electron chi connectivity index (χ4n) is 2.42. The molecule has 3 heterocycles. The standard InChI is InChI=1S/C15H9N3O4S/c1-7-16-10-6-11(17-12(10)23-7)15(21)22-18-13(19)8-4-2-3-5-9(8)14(18)20/h2-6,17H,1H3. The molecule has 1 aliphatic heterocycles. The van der Waals surface area contributed by atoms with Crippen LogP contribution in [0.3, 0.4) is 0 Å². The number of hydroxylamine groups is 2. The molecule has 1 N–H and O–H groups in total. The van der Waals surface area contributed by atoms with E-state index in [9.17, 15) is 14.4 Å². The van der Waals surface area contributed by atoms with Gasteiger partial charge < -0.3 is 9.82 Å². The second-order valence-corrected chi connectivity index (χ2v) is 6.16. The van der Waals surface area contributed by atoms with Gasteiger partial charge in [0.1, 0.15) is 16.0 Å². The van der Waals surface area contributed by atoms with Crippen molar-refractivity contribution in [3.8, 4) is 0 Å². The van der Waals surface area contributed by atoms with E-state index in [0.29, 0.717) is 10.6 Å². The number of benzene rings is 1. The van der Waals surface area contributed by atoms with Crippen LogP contribution in [0.2, 0.25) is 0 Å². The van der Waals surface area contributed by atoms with Crippen molar-refractivity contribution in [2.45, 2.75) is 6.92 Å². The minimum Gasteiger partial charge on any atom is -0.339 e. The number of aryl methyl sites for hydroxylation is 1. The molecule has 0 unspecified atom stereocenters. The quantitative estimate of drug-likeness (QED) is 0.729. The van der Waals surface area contributed by atoms with Gasteiger partial charge in [-0.25, -0.2) is 9.78 Å². The van der Waals surface area contributed by atoms with Crippen LogP contribution in [-0.4, -0.2) is 32.8 Å². The fourth-order valence-corrected chi connectivity index (χ4v) is 3.23. The molecule has 0 spiro atoms. The van der Waals surface area contributed by atoms with Crippen LogP contribution in [0, 0.1) is 6.92 Å². The van der Waals surface area contributed by atoms with E-state index in [1.807, 2.05) is 6.92 Å². The van der Waals surface area contributed by atoms with Crippen LogP contribution in [0.4, 0.5) is 0 Å². The van der Waals surface area contributed by atoms with Gasteiger partial charge in [0.15, 0.2) is 0 Å². The first-order chi connectivity index (χ1) is 11.0. The summed E-state index contributed by atoms with van der Waals surface area (Å²) in [7, 11) is 0. The lowest BCUT2D eigenvalue weighted by Crippen LogP contribution is -2.32. The highest BCUT2D eigenvalue weighted by molar-refractivity contribution is 7.18. The van der Waals surface area contributed by atoms with Crippen LogP contribution in [0.25, 0.3) is 10.3 Å². The van der Waals surface area contributed by atoms with Gasteiger partial charge in [-0.2, -0.15) is 0 Å². The maximum Gasteiger partial charge on any atom is 0.380 e. The van der Waals surface area contributed by atoms with Crippen LogP contribution in [0.1, 0.15) is 36.2 Å². The smallest absolute Gasteiger partial charge is 0.339 e. The molecule has 0 saturated heterocycles. The Morgan fingerprint density at radius 1 is 1.22 bits per heavy atom. The van der Waals surface area contributed by atoms with E-state index >= 15 is 0 Å². The predicted octanol–water partition coefficient (Wildman–Crippen LogP) is 2.30. The first kappa shape index (κ1) is 13.6. The summed E-state index contributed by atoms with van der Waals surface area (Å²) in [5.41, 5.74) is 1.21. The minimum absolute atomic E-state index is 0.135. The van der Waals surface area contributed by atoms with Crippen LogP contribution < -0.4 is 0 Å². The van der Waals surface area contributed by atoms with E-state index in [4.69, 9.17) is 4.84 Å². The zero-order valence-electron chi connectivity index (χ0n) is 11.8. The van der Waals surface area contributed by atoms with E-state index < -0.39 is 17.8 Å². The number of carbonyl (C=O) groups excluding carboxylic acids is 3. The molecule has 0 fully saturated rings. The summed E-state index contributed by atoms with van der Waals surface area (Å²) in [6.07, 6.45) is 0. The Morgan fingerprint density at radius 3 is 2.48 bits per heavy atom. The summed E-state index contributed by atoms with van der Waals surface area (Å²) in [5.74, 6) is -2.12. The molecule has 1 aliphatic rings. The van der Waals surface area contributed by atoms with Crippen molar-refractivity contribution in [3.63, 3.8) is 0 Å². The Bertz CT molecular complexity index is 921. The number of amides is 2. The number of thiazole rings is 1. The summed E-state index contributed by atoms with van der Waals surface area (Å²) in [6, 6.07) is 7.84. The summed E-state index contributed by atoms with van der Waals surface area (Å²) in [4.78, 5) is 49.3. The van der Waals surface area contributed by atoms with Crippen molar-refractivity contribution >= 4 is 39.5 Å². The zero-order chi connectivity index (χ0) is 16.1.